The number of amides is 1. The van der Waals surface area contributed by atoms with Gasteiger partial charge in [0.1, 0.15) is 10.3 Å². The van der Waals surface area contributed by atoms with Crippen molar-refractivity contribution in [2.24, 2.45) is 4.99 Å². The highest BCUT2D eigenvalue weighted by atomic mass is 32.1. The van der Waals surface area contributed by atoms with E-state index in [1.54, 1.807) is 25.7 Å². The smallest absolute Gasteiger partial charge is 0.338 e. The molecule has 0 bridgehead atoms. The Morgan fingerprint density at radius 1 is 0.977 bits per heavy atom. The van der Waals surface area contributed by atoms with Gasteiger partial charge in [0.15, 0.2) is 4.80 Å². The Bertz CT molecular complexity index is 1940. The van der Waals surface area contributed by atoms with E-state index in [-0.39, 0.29) is 27.7 Å². The third-order valence-electron chi connectivity index (χ3n) is 7.40. The lowest BCUT2D eigenvalue weighted by atomic mass is 9.95. The van der Waals surface area contributed by atoms with Crippen molar-refractivity contribution >= 4 is 34.5 Å². The number of carbonyl (C=O) groups is 2. The van der Waals surface area contributed by atoms with Crippen molar-refractivity contribution in [2.45, 2.75) is 46.4 Å². The predicted molar refractivity (Wildman–Crippen MR) is 166 cm³/mol. The fourth-order valence-electron chi connectivity index (χ4n) is 5.56. The third kappa shape index (κ3) is 5.10. The molecule has 3 aromatic carbocycles. The largest absolute Gasteiger partial charge is 0.494 e. The first-order valence-corrected chi connectivity index (χ1v) is 15.0. The van der Waals surface area contributed by atoms with Crippen LogP contribution in [0.2, 0.25) is 0 Å². The van der Waals surface area contributed by atoms with E-state index in [0.29, 0.717) is 46.1 Å². The Morgan fingerprint density at radius 2 is 1.67 bits per heavy atom. The number of fused-ring (bicyclic) bond motifs is 2. The van der Waals surface area contributed by atoms with Crippen LogP contribution in [0.15, 0.2) is 99.9 Å². The van der Waals surface area contributed by atoms with Crippen molar-refractivity contribution in [3.05, 3.63) is 127 Å². The molecule has 2 aliphatic heterocycles. The van der Waals surface area contributed by atoms with Gasteiger partial charge >= 0.3 is 5.97 Å². The molecule has 43 heavy (non-hydrogen) atoms. The number of hydrogen-bond acceptors (Lipinski definition) is 7. The second-order valence-corrected chi connectivity index (χ2v) is 11.6. The fourth-order valence-corrected chi connectivity index (χ4v) is 6.70. The van der Waals surface area contributed by atoms with Crippen LogP contribution >= 0.6 is 11.3 Å². The van der Waals surface area contributed by atoms with Crippen LogP contribution in [0.3, 0.4) is 0 Å². The molecule has 0 radical (unpaired) electrons. The van der Waals surface area contributed by atoms with Gasteiger partial charge in [-0.25, -0.2) is 9.79 Å². The molecule has 1 aromatic heterocycles. The summed E-state index contributed by atoms with van der Waals surface area (Å²) in [6.45, 7) is 8.10. The summed E-state index contributed by atoms with van der Waals surface area (Å²) in [5.74, 6) is -0.105. The molecule has 0 unspecified atom stereocenters. The van der Waals surface area contributed by atoms with Crippen LogP contribution < -0.4 is 24.5 Å². The minimum Gasteiger partial charge on any atom is -0.494 e. The van der Waals surface area contributed by atoms with E-state index >= 15 is 0 Å². The predicted octanol–water partition coefficient (Wildman–Crippen LogP) is 4.50. The van der Waals surface area contributed by atoms with E-state index < -0.39 is 12.0 Å². The number of rotatable bonds is 7. The highest BCUT2D eigenvalue weighted by molar-refractivity contribution is 7.07. The van der Waals surface area contributed by atoms with Crippen LogP contribution in [-0.4, -0.2) is 29.2 Å². The molecule has 0 saturated carbocycles. The van der Waals surface area contributed by atoms with Crippen molar-refractivity contribution in [2.75, 3.05) is 11.5 Å². The molecule has 6 rings (SSSR count). The van der Waals surface area contributed by atoms with Gasteiger partial charge in [-0.2, -0.15) is 0 Å². The molecule has 2 aliphatic rings. The van der Waals surface area contributed by atoms with Gasteiger partial charge < -0.3 is 14.4 Å². The molecule has 4 aromatic rings. The van der Waals surface area contributed by atoms with E-state index in [9.17, 15) is 14.4 Å². The van der Waals surface area contributed by atoms with Gasteiger partial charge in [0.25, 0.3) is 11.5 Å². The maximum atomic E-state index is 14.4. The molecular weight excluding hydrogens is 562 g/mol. The number of aromatic nitrogens is 1. The molecule has 1 atom stereocenters. The maximum absolute atomic E-state index is 14.4. The summed E-state index contributed by atoms with van der Waals surface area (Å²) in [6.07, 6.45) is -0.358. The number of anilines is 1. The molecule has 218 valence electrons. The maximum Gasteiger partial charge on any atom is 0.338 e. The first kappa shape index (κ1) is 28.4. The van der Waals surface area contributed by atoms with E-state index in [1.807, 2.05) is 85.8 Å². The third-order valence-corrected chi connectivity index (χ3v) is 8.45. The summed E-state index contributed by atoms with van der Waals surface area (Å²) in [5, 5.41) is 0. The second-order valence-electron chi connectivity index (χ2n) is 10.6. The zero-order chi connectivity index (χ0) is 30.2. The minimum atomic E-state index is -0.792. The number of para-hydroxylation sites is 1. The van der Waals surface area contributed by atoms with Crippen molar-refractivity contribution < 1.29 is 19.1 Å². The SMILES string of the molecule is CCOc1ccc([C@H]2C(C(=O)OC(C)C)=C(C)N=c3s/c(=C4/C(=O)N(Cc5ccccc5)c5ccccc54)c(=O)n32)cc1. The lowest BCUT2D eigenvalue weighted by Gasteiger charge is -2.25. The summed E-state index contributed by atoms with van der Waals surface area (Å²) < 4.78 is 13.0. The number of nitrogens with zero attached hydrogens (tertiary/aromatic N) is 3. The molecule has 8 nitrogen and oxygen atoms in total. The van der Waals surface area contributed by atoms with Crippen LogP contribution in [0.1, 0.15) is 50.4 Å². The molecule has 0 aliphatic carbocycles. The average molecular weight is 594 g/mol. The molecule has 0 spiro atoms. The van der Waals surface area contributed by atoms with Crippen LogP contribution in [0, 0.1) is 0 Å². The van der Waals surface area contributed by atoms with Gasteiger partial charge in [-0.05, 0) is 57.0 Å². The van der Waals surface area contributed by atoms with Crippen LogP contribution in [0.5, 0.6) is 5.75 Å². The summed E-state index contributed by atoms with van der Waals surface area (Å²) in [6, 6.07) is 23.8. The number of esters is 1. The number of allylic oxidation sites excluding steroid dienone is 1. The van der Waals surface area contributed by atoms with Crippen LogP contribution in [-0.2, 0) is 20.9 Å². The van der Waals surface area contributed by atoms with Crippen molar-refractivity contribution in [1.82, 2.24) is 4.57 Å². The first-order chi connectivity index (χ1) is 20.8. The lowest BCUT2D eigenvalue weighted by Crippen LogP contribution is -2.41. The molecule has 0 saturated heterocycles. The zero-order valence-corrected chi connectivity index (χ0v) is 25.2. The number of thiazole rings is 1. The monoisotopic (exact) mass is 593 g/mol. The number of ether oxygens (including phenoxy) is 2. The van der Waals surface area contributed by atoms with Gasteiger partial charge in [-0.1, -0.05) is 72.0 Å². The summed E-state index contributed by atoms with van der Waals surface area (Å²) >= 11 is 1.16. The second kappa shape index (κ2) is 11.5. The molecule has 9 heteroatoms. The average Bonchev–Trinajstić information content (AvgIpc) is 3.45. The number of carbonyl (C=O) groups excluding carboxylic acids is 2. The zero-order valence-electron chi connectivity index (χ0n) is 24.4. The Kier molecular flexibility index (Phi) is 7.58. The molecule has 0 fully saturated rings. The molecule has 0 N–H and O–H groups in total. The summed E-state index contributed by atoms with van der Waals surface area (Å²) in [4.78, 5) is 48.7. The van der Waals surface area contributed by atoms with Crippen LogP contribution in [0.25, 0.3) is 5.57 Å². The topological polar surface area (TPSA) is 90.2 Å². The lowest BCUT2D eigenvalue weighted by molar-refractivity contribution is -0.143. The normalized spacial score (nSPS) is 17.1. The quantitative estimate of drug-likeness (QED) is 0.295. The van der Waals surface area contributed by atoms with Crippen molar-refractivity contribution in [1.29, 1.82) is 0 Å². The van der Waals surface area contributed by atoms with Gasteiger partial charge in [0.2, 0.25) is 0 Å². The first-order valence-electron chi connectivity index (χ1n) is 14.2. The van der Waals surface area contributed by atoms with E-state index in [4.69, 9.17) is 14.5 Å². The fraction of sp³-hybridized carbons (Fsp3) is 0.235. The number of benzene rings is 3. The molecule has 3 heterocycles. The Balaban J connectivity index is 1.55. The molecular formula is C34H31N3O5S. The van der Waals surface area contributed by atoms with E-state index in [0.717, 1.165) is 22.6 Å². The Morgan fingerprint density at radius 3 is 2.37 bits per heavy atom. The van der Waals surface area contributed by atoms with Crippen molar-refractivity contribution in [3.8, 4) is 5.75 Å². The van der Waals surface area contributed by atoms with Crippen molar-refractivity contribution in [3.63, 3.8) is 0 Å². The van der Waals surface area contributed by atoms with E-state index in [1.165, 1.54) is 4.57 Å². The van der Waals surface area contributed by atoms with E-state index in [2.05, 4.69) is 0 Å². The Labute approximate surface area is 252 Å². The summed E-state index contributed by atoms with van der Waals surface area (Å²) in [7, 11) is 0. The highest BCUT2D eigenvalue weighted by Gasteiger charge is 2.37. The van der Waals surface area contributed by atoms with Gasteiger partial charge in [0, 0.05) is 5.56 Å². The molecule has 1 amide bonds. The van der Waals surface area contributed by atoms with Gasteiger partial charge in [-0.15, -0.1) is 0 Å². The van der Waals surface area contributed by atoms with Crippen LogP contribution in [0.4, 0.5) is 5.69 Å². The number of hydrogen-bond donors (Lipinski definition) is 0. The van der Waals surface area contributed by atoms with Gasteiger partial charge in [-0.3, -0.25) is 14.2 Å². The standard InChI is InChI=1S/C34H31N3O5S/c1-5-41-24-17-15-23(16-18-24)29-27(33(40)42-20(2)3)21(4)35-34-37(29)32(39)30(43-34)28-25-13-9-10-14-26(25)36(31(28)38)19-22-11-7-6-8-12-22/h6-18,20,29H,5,19H2,1-4H3/b30-28+/t29-/m0/s1. The minimum absolute atomic E-state index is 0.247. The summed E-state index contributed by atoms with van der Waals surface area (Å²) in [5.41, 5.74) is 3.83. The highest BCUT2D eigenvalue weighted by Crippen LogP contribution is 2.37. The van der Waals surface area contributed by atoms with Gasteiger partial charge in [0.05, 0.1) is 47.8 Å². The Hall–Kier alpha value is -4.76.